The third-order valence-corrected chi connectivity index (χ3v) is 2.69. The van der Waals surface area contributed by atoms with Gasteiger partial charge in [-0.3, -0.25) is 0 Å². The van der Waals surface area contributed by atoms with Crippen molar-refractivity contribution in [1.29, 1.82) is 0 Å². The van der Waals surface area contributed by atoms with E-state index >= 15 is 0 Å². The Morgan fingerprint density at radius 1 is 1.62 bits per heavy atom. The molecule has 1 saturated heterocycles. The van der Waals surface area contributed by atoms with Crippen molar-refractivity contribution in [3.05, 3.63) is 0 Å². The maximum Gasteiger partial charge on any atom is 0.266 e. The average Bonchev–Trinajstić information content (AvgIpc) is 2.71. The van der Waals surface area contributed by atoms with E-state index < -0.39 is 0 Å². The molecule has 72 valence electrons. The van der Waals surface area contributed by atoms with Crippen molar-refractivity contribution in [2.24, 2.45) is 5.92 Å². The van der Waals surface area contributed by atoms with Crippen molar-refractivity contribution >= 4 is 5.95 Å². The summed E-state index contributed by atoms with van der Waals surface area (Å²) in [6.45, 7) is 5.52. The van der Waals surface area contributed by atoms with Crippen LogP contribution in [0.3, 0.4) is 0 Å². The number of nitrogens with one attached hydrogen (secondary N) is 1. The van der Waals surface area contributed by atoms with E-state index in [-0.39, 0.29) is 0 Å². The van der Waals surface area contributed by atoms with Crippen LogP contribution in [0.5, 0.6) is 0 Å². The molecule has 5 nitrogen and oxygen atoms in total. The lowest BCUT2D eigenvalue weighted by Crippen LogP contribution is -2.29. The van der Waals surface area contributed by atoms with Crippen molar-refractivity contribution in [3.63, 3.8) is 0 Å². The number of aromatic amines is 1. The Labute approximate surface area is 77.5 Å². The molecule has 0 saturated carbocycles. The van der Waals surface area contributed by atoms with E-state index in [0.717, 1.165) is 24.8 Å². The fourth-order valence-electron chi connectivity index (χ4n) is 2.06. The molecule has 0 aromatic carbocycles. The number of hydrogen-bond acceptors (Lipinski definition) is 4. The first-order valence-electron chi connectivity index (χ1n) is 4.81. The van der Waals surface area contributed by atoms with E-state index in [9.17, 15) is 0 Å². The standard InChI is InChI=1S/C8H15N5/c1-3-7-4-6(2)5-13(7)8-9-11-12-10-8/h6-7H,3-5H2,1-2H3,(H,9,10,11,12). The Kier molecular flexibility index (Phi) is 2.16. The molecule has 1 N–H and O–H groups in total. The van der Waals surface area contributed by atoms with Crippen LogP contribution in [0.15, 0.2) is 0 Å². The van der Waals surface area contributed by atoms with E-state index in [1.54, 1.807) is 0 Å². The van der Waals surface area contributed by atoms with Crippen LogP contribution in [0.1, 0.15) is 26.7 Å². The summed E-state index contributed by atoms with van der Waals surface area (Å²) < 4.78 is 0. The van der Waals surface area contributed by atoms with Gasteiger partial charge in [0.15, 0.2) is 0 Å². The summed E-state index contributed by atoms with van der Waals surface area (Å²) >= 11 is 0. The number of anilines is 1. The lowest BCUT2D eigenvalue weighted by atomic mass is 10.1. The zero-order valence-electron chi connectivity index (χ0n) is 8.06. The molecule has 1 aromatic heterocycles. The van der Waals surface area contributed by atoms with Crippen LogP contribution in [0, 0.1) is 5.92 Å². The molecule has 13 heavy (non-hydrogen) atoms. The number of H-pyrrole nitrogens is 1. The molecule has 0 aliphatic carbocycles. The largest absolute Gasteiger partial charge is 0.335 e. The molecule has 0 spiro atoms. The first-order chi connectivity index (χ1) is 6.31. The summed E-state index contributed by atoms with van der Waals surface area (Å²) in [4.78, 5) is 2.24. The van der Waals surface area contributed by atoms with Crippen LogP contribution in [-0.4, -0.2) is 33.2 Å². The van der Waals surface area contributed by atoms with E-state index in [0.29, 0.717) is 6.04 Å². The molecule has 1 fully saturated rings. The van der Waals surface area contributed by atoms with Crippen LogP contribution < -0.4 is 4.90 Å². The molecule has 1 aliphatic rings. The highest BCUT2D eigenvalue weighted by molar-refractivity contribution is 5.30. The van der Waals surface area contributed by atoms with Gasteiger partial charge in [-0.2, -0.15) is 5.21 Å². The molecule has 5 heteroatoms. The Morgan fingerprint density at radius 2 is 2.46 bits per heavy atom. The summed E-state index contributed by atoms with van der Waals surface area (Å²) in [5.74, 6) is 1.49. The number of rotatable bonds is 2. The van der Waals surface area contributed by atoms with Crippen molar-refractivity contribution in [2.45, 2.75) is 32.7 Å². The maximum atomic E-state index is 4.01. The molecule has 1 aliphatic heterocycles. The molecule has 0 radical (unpaired) electrons. The lowest BCUT2D eigenvalue weighted by Gasteiger charge is -2.20. The number of tetrazole rings is 1. The summed E-state index contributed by atoms with van der Waals surface area (Å²) in [5.41, 5.74) is 0. The van der Waals surface area contributed by atoms with Crippen molar-refractivity contribution < 1.29 is 0 Å². The first-order valence-corrected chi connectivity index (χ1v) is 4.81. The normalized spacial score (nSPS) is 28.3. The molecule has 2 heterocycles. The fourth-order valence-corrected chi connectivity index (χ4v) is 2.06. The second-order valence-corrected chi connectivity index (χ2v) is 3.77. The highest BCUT2D eigenvalue weighted by Crippen LogP contribution is 2.27. The predicted octanol–water partition coefficient (Wildman–Crippen LogP) is 0.824. The van der Waals surface area contributed by atoms with Gasteiger partial charge in [0.1, 0.15) is 0 Å². The minimum absolute atomic E-state index is 0.590. The highest BCUT2D eigenvalue weighted by atomic mass is 15.5. The van der Waals surface area contributed by atoms with Crippen LogP contribution in [0.25, 0.3) is 0 Å². The number of aromatic nitrogens is 4. The average molecular weight is 181 g/mol. The zero-order chi connectivity index (χ0) is 9.26. The molecule has 2 atom stereocenters. The summed E-state index contributed by atoms with van der Waals surface area (Å²) in [6, 6.07) is 0.590. The van der Waals surface area contributed by atoms with E-state index in [1.165, 1.54) is 6.42 Å². The van der Waals surface area contributed by atoms with Crippen molar-refractivity contribution in [2.75, 3.05) is 11.4 Å². The topological polar surface area (TPSA) is 57.7 Å². The van der Waals surface area contributed by atoms with E-state index in [1.807, 2.05) is 0 Å². The Bertz CT molecular complexity index is 258. The summed E-state index contributed by atoms with van der Waals surface area (Å²) in [6.07, 6.45) is 2.39. The molecule has 2 rings (SSSR count). The highest BCUT2D eigenvalue weighted by Gasteiger charge is 2.30. The maximum absolute atomic E-state index is 4.01. The summed E-state index contributed by atoms with van der Waals surface area (Å²) in [5, 5.41) is 14.1. The second-order valence-electron chi connectivity index (χ2n) is 3.77. The van der Waals surface area contributed by atoms with Crippen molar-refractivity contribution in [3.8, 4) is 0 Å². The molecule has 0 bridgehead atoms. The van der Waals surface area contributed by atoms with Crippen LogP contribution in [-0.2, 0) is 0 Å². The predicted molar refractivity (Wildman–Crippen MR) is 49.4 cm³/mol. The second kappa shape index (κ2) is 3.32. The molecule has 2 unspecified atom stereocenters. The van der Waals surface area contributed by atoms with Crippen LogP contribution in [0.4, 0.5) is 5.95 Å². The van der Waals surface area contributed by atoms with Gasteiger partial charge >= 0.3 is 0 Å². The first kappa shape index (κ1) is 8.47. The minimum atomic E-state index is 0.590. The van der Waals surface area contributed by atoms with E-state index in [4.69, 9.17) is 0 Å². The van der Waals surface area contributed by atoms with Crippen molar-refractivity contribution in [1.82, 2.24) is 20.6 Å². The summed E-state index contributed by atoms with van der Waals surface area (Å²) in [7, 11) is 0. The monoisotopic (exact) mass is 181 g/mol. The smallest absolute Gasteiger partial charge is 0.266 e. The SMILES string of the molecule is CCC1CC(C)CN1c1nn[nH]n1. The molecular formula is C8H15N5. The lowest BCUT2D eigenvalue weighted by molar-refractivity contribution is 0.586. The van der Waals surface area contributed by atoms with Gasteiger partial charge in [0.2, 0.25) is 0 Å². The number of hydrogen-bond donors (Lipinski definition) is 1. The Morgan fingerprint density at radius 3 is 3.08 bits per heavy atom. The van der Waals surface area contributed by atoms with Crippen LogP contribution >= 0.6 is 0 Å². The van der Waals surface area contributed by atoms with Gasteiger partial charge in [0, 0.05) is 12.6 Å². The van der Waals surface area contributed by atoms with Gasteiger partial charge in [-0.25, -0.2) is 0 Å². The quantitative estimate of drug-likeness (QED) is 0.734. The number of nitrogens with zero attached hydrogens (tertiary/aromatic N) is 4. The van der Waals surface area contributed by atoms with Gasteiger partial charge in [-0.1, -0.05) is 18.9 Å². The van der Waals surface area contributed by atoms with Gasteiger partial charge in [-0.05, 0) is 24.0 Å². The van der Waals surface area contributed by atoms with Gasteiger partial charge in [0.25, 0.3) is 5.95 Å². The Hall–Kier alpha value is -1.13. The fraction of sp³-hybridized carbons (Fsp3) is 0.875. The van der Waals surface area contributed by atoms with Gasteiger partial charge < -0.3 is 4.90 Å². The molecular weight excluding hydrogens is 166 g/mol. The molecule has 0 amide bonds. The molecule has 1 aromatic rings. The Balaban J connectivity index is 2.14. The third-order valence-electron chi connectivity index (χ3n) is 2.69. The van der Waals surface area contributed by atoms with Crippen LogP contribution in [0.2, 0.25) is 0 Å². The zero-order valence-corrected chi connectivity index (χ0v) is 8.06. The van der Waals surface area contributed by atoms with Gasteiger partial charge in [-0.15, -0.1) is 5.10 Å². The van der Waals surface area contributed by atoms with Gasteiger partial charge in [0.05, 0.1) is 0 Å². The third kappa shape index (κ3) is 1.50. The minimum Gasteiger partial charge on any atom is -0.335 e. The van der Waals surface area contributed by atoms with E-state index in [2.05, 4.69) is 39.4 Å².